The van der Waals surface area contributed by atoms with Gasteiger partial charge in [0.2, 0.25) is 0 Å². The number of allylic oxidation sites excluding steroid dienone is 2. The van der Waals surface area contributed by atoms with Crippen LogP contribution >= 0.6 is 0 Å². The average Bonchev–Trinajstić information content (AvgIpc) is 2.95. The number of carbonyl (C=O) groups excluding carboxylic acids is 1. The van der Waals surface area contributed by atoms with E-state index in [1.807, 2.05) is 64.4 Å². The van der Waals surface area contributed by atoms with Crippen molar-refractivity contribution in [3.8, 4) is 0 Å². The number of hydrogen-bond acceptors (Lipinski definition) is 4. The van der Waals surface area contributed by atoms with Gasteiger partial charge in [0.05, 0.1) is 5.76 Å². The molecule has 220 valence electrons. The summed E-state index contributed by atoms with van der Waals surface area (Å²) in [6, 6.07) is 22.1. The van der Waals surface area contributed by atoms with Crippen LogP contribution in [0.5, 0.6) is 0 Å². The Bertz CT molecular complexity index is 1120. The molecule has 0 amide bonds. The van der Waals surface area contributed by atoms with Crippen LogP contribution in [0, 0.1) is 17.9 Å². The van der Waals surface area contributed by atoms with Gasteiger partial charge in [-0.05, 0) is 49.9 Å². The maximum atomic E-state index is 11.7. The first-order chi connectivity index (χ1) is 18.5. The minimum absolute atomic E-state index is 0. The summed E-state index contributed by atoms with van der Waals surface area (Å²) in [5.74, 6) is 0.547. The van der Waals surface area contributed by atoms with Crippen molar-refractivity contribution in [2.24, 2.45) is 11.8 Å². The van der Waals surface area contributed by atoms with Crippen LogP contribution in [0.4, 0.5) is 0 Å². The molecule has 4 nitrogen and oxygen atoms in total. The molecule has 0 aliphatic heterocycles. The van der Waals surface area contributed by atoms with Crippen molar-refractivity contribution in [2.45, 2.75) is 91.9 Å². The third kappa shape index (κ3) is 9.23. The number of aliphatic hydroxyl groups is 1. The largest absolute Gasteiger partial charge is 0.512 e. The van der Waals surface area contributed by atoms with Crippen LogP contribution in [0.15, 0.2) is 78.8 Å². The molecule has 0 fully saturated rings. The van der Waals surface area contributed by atoms with Crippen LogP contribution in [-0.4, -0.2) is 20.9 Å². The third-order valence-electron chi connectivity index (χ3n) is 7.83. The fourth-order valence-electron chi connectivity index (χ4n) is 4.72. The molecule has 1 aromatic carbocycles. The SMILES string of the molecule is CC(C)(c1[c-]c(C(C)(C)c2ccccn2)ccc1)c1ccccn1.CCC(CC)C(=O)/C=C(\O)C(CC)CC.[Pt]. The molecule has 2 aromatic heterocycles. The first-order valence-electron chi connectivity index (χ1n) is 14.3. The molecule has 3 aromatic rings. The van der Waals surface area contributed by atoms with Gasteiger partial charge in [0, 0.05) is 73.6 Å². The van der Waals surface area contributed by atoms with Crippen molar-refractivity contribution in [1.29, 1.82) is 0 Å². The standard InChI is InChI=1S/C22H23N2.C13H24O2.Pt/c1-21(2,19-12-5-7-14-23-19)17-10-9-11-18(16-17)22(3,4)20-13-6-8-15-24-20;1-5-10(6-2)12(14)9-13(15)11(7-3)8-4;/h5-15H,1-4H3;9-11,14H,5-8H2,1-4H3;/q-1;;/b;12-9-;. The molecule has 2 heterocycles. The van der Waals surface area contributed by atoms with Gasteiger partial charge in [-0.25, -0.2) is 0 Å². The molecule has 0 unspecified atom stereocenters. The topological polar surface area (TPSA) is 63.1 Å². The van der Waals surface area contributed by atoms with Crippen molar-refractivity contribution in [1.82, 2.24) is 9.97 Å². The summed E-state index contributed by atoms with van der Waals surface area (Å²) in [6.07, 6.45) is 8.60. The van der Waals surface area contributed by atoms with Crippen molar-refractivity contribution in [3.05, 3.63) is 107 Å². The van der Waals surface area contributed by atoms with Crippen LogP contribution in [0.2, 0.25) is 0 Å². The van der Waals surface area contributed by atoms with Crippen LogP contribution in [-0.2, 0) is 36.7 Å². The first kappa shape index (κ1) is 35.4. The van der Waals surface area contributed by atoms with E-state index in [4.69, 9.17) is 0 Å². The summed E-state index contributed by atoms with van der Waals surface area (Å²) in [5, 5.41) is 9.76. The van der Waals surface area contributed by atoms with E-state index in [9.17, 15) is 9.90 Å². The molecule has 0 saturated heterocycles. The molecule has 0 spiro atoms. The van der Waals surface area contributed by atoms with E-state index in [0.29, 0.717) is 0 Å². The summed E-state index contributed by atoms with van der Waals surface area (Å²) in [6.45, 7) is 16.8. The van der Waals surface area contributed by atoms with Crippen LogP contribution in [0.3, 0.4) is 0 Å². The van der Waals surface area contributed by atoms with Gasteiger partial charge in [-0.15, -0.1) is 0 Å². The van der Waals surface area contributed by atoms with E-state index in [-0.39, 0.29) is 55.3 Å². The monoisotopic (exact) mass is 722 g/mol. The van der Waals surface area contributed by atoms with E-state index < -0.39 is 0 Å². The molecule has 0 aliphatic carbocycles. The molecule has 1 N–H and O–H groups in total. The molecule has 40 heavy (non-hydrogen) atoms. The van der Waals surface area contributed by atoms with Gasteiger partial charge in [-0.2, -0.15) is 35.4 Å². The summed E-state index contributed by atoms with van der Waals surface area (Å²) >= 11 is 0. The van der Waals surface area contributed by atoms with Gasteiger partial charge < -0.3 is 5.11 Å². The van der Waals surface area contributed by atoms with Gasteiger partial charge >= 0.3 is 0 Å². The maximum Gasteiger partial charge on any atom is 0.162 e. The number of hydrogen-bond donors (Lipinski definition) is 1. The second-order valence-corrected chi connectivity index (χ2v) is 11.2. The predicted octanol–water partition coefficient (Wildman–Crippen LogP) is 8.80. The Kier molecular flexibility index (Phi) is 14.7. The van der Waals surface area contributed by atoms with Crippen molar-refractivity contribution in [2.75, 3.05) is 0 Å². The normalized spacial score (nSPS) is 12.0. The Morgan fingerprint density at radius 2 is 1.18 bits per heavy atom. The van der Waals surface area contributed by atoms with Gasteiger partial charge in [0.25, 0.3) is 0 Å². The summed E-state index contributed by atoms with van der Waals surface area (Å²) in [4.78, 5) is 20.8. The van der Waals surface area contributed by atoms with Crippen molar-refractivity contribution in [3.63, 3.8) is 0 Å². The van der Waals surface area contributed by atoms with Crippen molar-refractivity contribution >= 4 is 5.78 Å². The van der Waals surface area contributed by atoms with Crippen LogP contribution < -0.4 is 0 Å². The molecule has 0 atom stereocenters. The Morgan fingerprint density at radius 3 is 1.52 bits per heavy atom. The maximum absolute atomic E-state index is 11.7. The number of aromatic nitrogens is 2. The number of rotatable bonds is 11. The first-order valence-corrected chi connectivity index (χ1v) is 14.3. The Labute approximate surface area is 257 Å². The van der Waals surface area contributed by atoms with Gasteiger partial charge in [0.15, 0.2) is 5.78 Å². The average molecular weight is 723 g/mol. The fourth-order valence-corrected chi connectivity index (χ4v) is 4.72. The molecular weight excluding hydrogens is 675 g/mol. The van der Waals surface area contributed by atoms with E-state index >= 15 is 0 Å². The number of pyridine rings is 2. The summed E-state index contributed by atoms with van der Waals surface area (Å²) in [7, 11) is 0. The quantitative estimate of drug-likeness (QED) is 0.122. The molecular formula is C35H47N2O2Pt-. The number of aliphatic hydroxyl groups excluding tert-OH is 1. The Hall–Kier alpha value is -2.58. The number of ketones is 1. The molecule has 3 rings (SSSR count). The number of benzene rings is 1. The van der Waals surface area contributed by atoms with E-state index in [1.165, 1.54) is 6.08 Å². The molecule has 0 aliphatic rings. The smallest absolute Gasteiger partial charge is 0.162 e. The van der Waals surface area contributed by atoms with Crippen LogP contribution in [0.1, 0.15) is 104 Å². The van der Waals surface area contributed by atoms with Gasteiger partial charge in [-0.3, -0.25) is 14.8 Å². The zero-order chi connectivity index (χ0) is 29.1. The molecule has 5 heteroatoms. The zero-order valence-electron chi connectivity index (χ0n) is 25.5. The van der Waals surface area contributed by atoms with Crippen LogP contribution in [0.25, 0.3) is 0 Å². The molecule has 0 radical (unpaired) electrons. The third-order valence-corrected chi connectivity index (χ3v) is 7.83. The van der Waals surface area contributed by atoms with E-state index in [0.717, 1.165) is 48.2 Å². The number of carbonyl (C=O) groups is 1. The van der Waals surface area contributed by atoms with Gasteiger partial charge in [-0.1, -0.05) is 67.5 Å². The molecule has 0 bridgehead atoms. The zero-order valence-corrected chi connectivity index (χ0v) is 27.7. The Morgan fingerprint density at radius 1 is 0.750 bits per heavy atom. The second kappa shape index (κ2) is 16.6. The second-order valence-electron chi connectivity index (χ2n) is 11.2. The van der Waals surface area contributed by atoms with E-state index in [1.54, 1.807) is 0 Å². The minimum atomic E-state index is -0.197. The fraction of sp³-hybridized carbons (Fsp3) is 0.457. The minimum Gasteiger partial charge on any atom is -0.512 e. The van der Waals surface area contributed by atoms with E-state index in [2.05, 4.69) is 74.1 Å². The summed E-state index contributed by atoms with van der Waals surface area (Å²) in [5.41, 5.74) is 3.99. The number of nitrogens with zero attached hydrogens (tertiary/aromatic N) is 2. The molecule has 0 saturated carbocycles. The Balaban J connectivity index is 0.000000437. The predicted molar refractivity (Wildman–Crippen MR) is 162 cm³/mol. The summed E-state index contributed by atoms with van der Waals surface area (Å²) < 4.78 is 0. The van der Waals surface area contributed by atoms with Gasteiger partial charge in [0.1, 0.15) is 0 Å². The van der Waals surface area contributed by atoms with Crippen molar-refractivity contribution < 1.29 is 31.0 Å².